The fraction of sp³-hybridized carbons (Fsp3) is 0.381. The van der Waals surface area contributed by atoms with Gasteiger partial charge in [-0.1, -0.05) is 48.5 Å². The Morgan fingerprint density at radius 3 is 2.15 bits per heavy atom. The summed E-state index contributed by atoms with van der Waals surface area (Å²) in [5, 5.41) is 19.1. The molecule has 0 bridgehead atoms. The maximum absolute atomic E-state index is 10.7. The zero-order valence-electron chi connectivity index (χ0n) is 16.2. The predicted octanol–water partition coefficient (Wildman–Crippen LogP) is -0.650. The third kappa shape index (κ3) is 12.8. The number of aliphatic hydroxyl groups is 1. The fourth-order valence-electron chi connectivity index (χ4n) is 2.23. The topological polar surface area (TPSA) is 60.4 Å². The quantitative estimate of drug-likeness (QED) is 0.296. The number of carboxylic acid groups (broad SMARTS) is 1. The van der Waals surface area contributed by atoms with E-state index in [0.717, 1.165) is 33.7 Å². The molecule has 27 heavy (non-hydrogen) atoms. The fourth-order valence-corrected chi connectivity index (χ4v) is 3.24. The monoisotopic (exact) mass is 502 g/mol. The Hall–Kier alpha value is -1.09. The van der Waals surface area contributed by atoms with Gasteiger partial charge in [0.15, 0.2) is 0 Å². The first-order chi connectivity index (χ1) is 12.3. The van der Waals surface area contributed by atoms with Crippen LogP contribution in [0.25, 0.3) is 0 Å². The Bertz CT molecular complexity index is 660. The normalized spacial score (nSPS) is 10.4. The van der Waals surface area contributed by atoms with Crippen LogP contribution in [-0.2, 0) is 17.0 Å². The van der Waals surface area contributed by atoms with E-state index in [9.17, 15) is 9.90 Å². The number of nitrogens with zero attached hydrogens (tertiary/aromatic N) is 1. The minimum atomic E-state index is -1.04. The summed E-state index contributed by atoms with van der Waals surface area (Å²) in [6.07, 6.45) is 0.876. The number of hydrogen-bond acceptors (Lipinski definition) is 4. The van der Waals surface area contributed by atoms with Crippen molar-refractivity contribution >= 4 is 17.7 Å². The number of thioether (sulfide) groups is 1. The number of hydrogen-bond donors (Lipinski definition) is 1. The summed E-state index contributed by atoms with van der Waals surface area (Å²) in [7, 11) is 6.36. The molecule has 0 aliphatic carbocycles. The standard InChI is InChI=1S/C15H14O2S.C6H16NO.HI/c16-15(17)10-13-8-4-5-9-14(13)18-11-12-6-2-1-3-7-12;1-7(2,3)5-4-6-8;/h1-9H,10-11H2,(H,16,17);8H,4-6H2,1-3H3;1H/q;+1;/p-2. The van der Waals surface area contributed by atoms with Crippen LogP contribution in [-0.4, -0.2) is 49.9 Å². The maximum atomic E-state index is 10.7. The van der Waals surface area contributed by atoms with E-state index in [4.69, 9.17) is 5.11 Å². The van der Waals surface area contributed by atoms with E-state index in [-0.39, 0.29) is 30.4 Å². The third-order valence-electron chi connectivity index (χ3n) is 3.53. The van der Waals surface area contributed by atoms with Gasteiger partial charge in [0.2, 0.25) is 0 Å². The molecule has 2 aromatic carbocycles. The predicted molar refractivity (Wildman–Crippen MR) is 106 cm³/mol. The highest BCUT2D eigenvalue weighted by atomic mass is 127. The Balaban J connectivity index is 0.000000645. The summed E-state index contributed by atoms with van der Waals surface area (Å²) in [6, 6.07) is 17.7. The lowest BCUT2D eigenvalue weighted by Gasteiger charge is -2.22. The lowest BCUT2D eigenvalue weighted by Crippen LogP contribution is -3.00. The van der Waals surface area contributed by atoms with E-state index in [2.05, 4.69) is 33.3 Å². The van der Waals surface area contributed by atoms with Crippen LogP contribution in [0.5, 0.6) is 0 Å². The molecule has 4 nitrogen and oxygen atoms in total. The zero-order chi connectivity index (χ0) is 19.4. The molecule has 0 aliphatic heterocycles. The van der Waals surface area contributed by atoms with Crippen molar-refractivity contribution in [2.24, 2.45) is 0 Å². The van der Waals surface area contributed by atoms with Crippen LogP contribution in [0, 0.1) is 0 Å². The van der Waals surface area contributed by atoms with Crippen LogP contribution < -0.4 is 29.1 Å². The molecule has 150 valence electrons. The van der Waals surface area contributed by atoms with Crippen molar-refractivity contribution in [3.05, 3.63) is 65.7 Å². The van der Waals surface area contributed by atoms with Crippen molar-refractivity contribution in [3.8, 4) is 0 Å². The van der Waals surface area contributed by atoms with Crippen molar-refractivity contribution < 1.29 is 43.5 Å². The van der Waals surface area contributed by atoms with Gasteiger partial charge in [-0.25, -0.2) is 0 Å². The largest absolute Gasteiger partial charge is 1.00 e. The van der Waals surface area contributed by atoms with Gasteiger partial charge < -0.3 is 43.5 Å². The molecule has 1 N–H and O–H groups in total. The number of benzene rings is 2. The lowest BCUT2D eigenvalue weighted by molar-refractivity contribution is -0.870. The molecule has 0 radical (unpaired) electrons. The highest BCUT2D eigenvalue weighted by Gasteiger charge is 2.04. The Labute approximate surface area is 184 Å². The van der Waals surface area contributed by atoms with Gasteiger partial charge >= 0.3 is 0 Å². The van der Waals surface area contributed by atoms with E-state index in [1.165, 1.54) is 5.56 Å². The Kier molecular flexibility index (Phi) is 13.4. The van der Waals surface area contributed by atoms with Gasteiger partial charge in [-0.3, -0.25) is 0 Å². The summed E-state index contributed by atoms with van der Waals surface area (Å²) in [4.78, 5) is 11.7. The first-order valence-corrected chi connectivity index (χ1v) is 9.66. The number of carbonyl (C=O) groups is 1. The minimum Gasteiger partial charge on any atom is -1.00 e. The molecule has 0 heterocycles. The molecule has 2 rings (SSSR count). The van der Waals surface area contributed by atoms with Crippen LogP contribution >= 0.6 is 11.8 Å². The summed E-state index contributed by atoms with van der Waals surface area (Å²) in [6.45, 7) is 1.37. The van der Waals surface area contributed by atoms with Crippen LogP contribution in [0.15, 0.2) is 59.5 Å². The molecule has 0 unspecified atom stereocenters. The van der Waals surface area contributed by atoms with E-state index in [1.807, 2.05) is 42.5 Å². The number of aliphatic carboxylic acids is 1. The molecule has 0 aliphatic rings. The number of carboxylic acids is 1. The first-order valence-electron chi connectivity index (χ1n) is 8.67. The third-order valence-corrected chi connectivity index (χ3v) is 4.72. The lowest BCUT2D eigenvalue weighted by atomic mass is 10.1. The summed E-state index contributed by atoms with van der Waals surface area (Å²) in [5.41, 5.74) is 2.05. The van der Waals surface area contributed by atoms with E-state index in [0.29, 0.717) is 6.61 Å². The number of carbonyl (C=O) groups excluding carboxylic acids is 1. The molecule has 0 fully saturated rings. The van der Waals surface area contributed by atoms with Crippen LogP contribution in [0.1, 0.15) is 17.5 Å². The van der Waals surface area contributed by atoms with Crippen molar-refractivity contribution in [2.75, 3.05) is 34.3 Å². The second-order valence-corrected chi connectivity index (χ2v) is 8.04. The number of rotatable bonds is 8. The molecule has 0 saturated carbocycles. The van der Waals surface area contributed by atoms with Gasteiger partial charge in [0.25, 0.3) is 0 Å². The minimum absolute atomic E-state index is 0. The second-order valence-electron chi connectivity index (χ2n) is 7.02. The summed E-state index contributed by atoms with van der Waals surface area (Å²) in [5.74, 6) is -0.201. The maximum Gasteiger partial charge on any atom is 0.0802 e. The molecule has 0 saturated heterocycles. The highest BCUT2D eigenvalue weighted by Crippen LogP contribution is 2.26. The van der Waals surface area contributed by atoms with Crippen molar-refractivity contribution in [2.45, 2.75) is 23.5 Å². The van der Waals surface area contributed by atoms with E-state index >= 15 is 0 Å². The van der Waals surface area contributed by atoms with Gasteiger partial charge in [-0.15, -0.1) is 11.8 Å². The molecule has 0 spiro atoms. The number of aliphatic hydroxyl groups excluding tert-OH is 1. The van der Waals surface area contributed by atoms with Gasteiger partial charge in [0.1, 0.15) is 0 Å². The van der Waals surface area contributed by atoms with Gasteiger partial charge in [-0.05, 0) is 17.2 Å². The van der Waals surface area contributed by atoms with Gasteiger partial charge in [0, 0.05) is 36.1 Å². The molecular weight excluding hydrogens is 473 g/mol. The molecular formula is C21H29INO3S-. The van der Waals surface area contributed by atoms with E-state index < -0.39 is 5.97 Å². The number of halogens is 1. The molecule has 6 heteroatoms. The number of quaternary nitrogens is 1. The van der Waals surface area contributed by atoms with Gasteiger partial charge in [-0.2, -0.15) is 0 Å². The van der Waals surface area contributed by atoms with Gasteiger partial charge in [0.05, 0.1) is 27.7 Å². The second kappa shape index (κ2) is 14.0. The Morgan fingerprint density at radius 1 is 1.04 bits per heavy atom. The average molecular weight is 502 g/mol. The van der Waals surface area contributed by atoms with Crippen LogP contribution in [0.4, 0.5) is 0 Å². The molecule has 0 amide bonds. The van der Waals surface area contributed by atoms with Crippen molar-refractivity contribution in [3.63, 3.8) is 0 Å². The van der Waals surface area contributed by atoms with Crippen molar-refractivity contribution in [1.29, 1.82) is 0 Å². The molecule has 0 atom stereocenters. The molecule has 2 aromatic rings. The smallest absolute Gasteiger partial charge is 0.0802 e. The average Bonchev–Trinajstić information content (AvgIpc) is 2.59. The Morgan fingerprint density at radius 2 is 1.63 bits per heavy atom. The first kappa shape index (κ1) is 25.9. The highest BCUT2D eigenvalue weighted by molar-refractivity contribution is 7.98. The van der Waals surface area contributed by atoms with E-state index in [1.54, 1.807) is 11.8 Å². The molecule has 0 aromatic heterocycles. The summed E-state index contributed by atoms with van der Waals surface area (Å²) >= 11 is 1.65. The zero-order valence-corrected chi connectivity index (χ0v) is 19.2. The summed E-state index contributed by atoms with van der Waals surface area (Å²) < 4.78 is 0.945. The van der Waals surface area contributed by atoms with Crippen LogP contribution in [0.2, 0.25) is 0 Å². The SMILES string of the molecule is C[N+](C)(C)CCCO.O=C([O-])Cc1ccccc1SCc1ccccc1.[I-]. The van der Waals surface area contributed by atoms with Crippen LogP contribution in [0.3, 0.4) is 0 Å². The van der Waals surface area contributed by atoms with Crippen molar-refractivity contribution in [1.82, 2.24) is 0 Å².